The van der Waals surface area contributed by atoms with E-state index in [9.17, 15) is 13.2 Å². The maximum absolute atomic E-state index is 13.7. The van der Waals surface area contributed by atoms with Crippen LogP contribution in [0.5, 0.6) is 0 Å². The zero-order chi connectivity index (χ0) is 30.1. The molecular formula is C35H45N3O3S. The number of ketones is 1. The zero-order valence-corrected chi connectivity index (χ0v) is 26.3. The lowest BCUT2D eigenvalue weighted by Crippen LogP contribution is -2.35. The molecule has 2 aliphatic heterocycles. The lowest BCUT2D eigenvalue weighted by Gasteiger charge is -2.33. The molecule has 7 heteroatoms. The van der Waals surface area contributed by atoms with Gasteiger partial charge in [0.15, 0.2) is 5.78 Å². The molecular weight excluding hydrogens is 542 g/mol. The van der Waals surface area contributed by atoms with Gasteiger partial charge in [0.1, 0.15) is 0 Å². The first-order chi connectivity index (χ1) is 19.9. The predicted molar refractivity (Wildman–Crippen MR) is 173 cm³/mol. The monoisotopic (exact) mass is 587 g/mol. The fourth-order valence-corrected chi connectivity index (χ4v) is 7.33. The van der Waals surface area contributed by atoms with E-state index in [1.807, 2.05) is 24.3 Å². The van der Waals surface area contributed by atoms with Gasteiger partial charge in [0.2, 0.25) is 0 Å². The van der Waals surface area contributed by atoms with Crippen molar-refractivity contribution in [3.8, 4) is 0 Å². The second-order valence-corrected chi connectivity index (χ2v) is 15.0. The summed E-state index contributed by atoms with van der Waals surface area (Å²) in [6.45, 7) is 16.3. The summed E-state index contributed by atoms with van der Waals surface area (Å²) in [6.07, 6.45) is 10.9. The topological polar surface area (TPSA) is 78.5 Å². The third-order valence-electron chi connectivity index (χ3n) is 9.05. The number of fused-ring (bicyclic) bond motifs is 1. The second kappa shape index (κ2) is 11.8. The van der Waals surface area contributed by atoms with E-state index < -0.39 is 15.4 Å². The Labute approximate surface area is 252 Å². The van der Waals surface area contributed by atoms with Crippen molar-refractivity contribution in [3.63, 3.8) is 0 Å². The van der Waals surface area contributed by atoms with E-state index >= 15 is 0 Å². The Kier molecular flexibility index (Phi) is 8.55. The van der Waals surface area contributed by atoms with Crippen LogP contribution in [0.25, 0.3) is 0 Å². The van der Waals surface area contributed by atoms with Gasteiger partial charge in [-0.1, -0.05) is 64.6 Å². The highest BCUT2D eigenvalue weighted by Crippen LogP contribution is 2.48. The largest absolute Gasteiger partial charge is 0.384 e. The van der Waals surface area contributed by atoms with Gasteiger partial charge in [-0.3, -0.25) is 9.52 Å². The summed E-state index contributed by atoms with van der Waals surface area (Å²) in [6, 6.07) is 12.7. The summed E-state index contributed by atoms with van der Waals surface area (Å²) in [5, 5.41) is 3.52. The van der Waals surface area contributed by atoms with Crippen molar-refractivity contribution in [2.45, 2.75) is 75.5 Å². The Morgan fingerprint density at radius 3 is 2.48 bits per heavy atom. The van der Waals surface area contributed by atoms with E-state index in [-0.39, 0.29) is 16.1 Å². The fourth-order valence-electron chi connectivity index (χ4n) is 6.28. The molecule has 0 amide bonds. The average Bonchev–Trinajstić information content (AvgIpc) is 3.60. The molecule has 5 rings (SSSR count). The van der Waals surface area contributed by atoms with Crippen LogP contribution in [-0.2, 0) is 25.6 Å². The van der Waals surface area contributed by atoms with Crippen molar-refractivity contribution in [1.82, 2.24) is 4.90 Å². The number of nitrogens with one attached hydrogen (secondary N) is 2. The summed E-state index contributed by atoms with van der Waals surface area (Å²) in [7, 11) is -3.80. The van der Waals surface area contributed by atoms with Crippen LogP contribution < -0.4 is 10.0 Å². The SMILES string of the molecule is C=C(CCN1CCCC1)C(=O)CC1(C2=CCC(C)C=C2)CNc2ccc(NS(=O)(=O)c3ccc(C(C)(C)C)cc3)cc21. The van der Waals surface area contributed by atoms with E-state index in [0.29, 0.717) is 36.6 Å². The maximum Gasteiger partial charge on any atom is 0.261 e. The number of carbonyl (C=O) groups is 1. The summed E-state index contributed by atoms with van der Waals surface area (Å²) >= 11 is 0. The highest BCUT2D eigenvalue weighted by molar-refractivity contribution is 7.92. The van der Waals surface area contributed by atoms with E-state index in [4.69, 9.17) is 0 Å². The molecule has 0 spiro atoms. The normalized spacial score (nSPS) is 22.4. The third kappa shape index (κ3) is 6.42. The standard InChI is InChI=1S/C35H45N3O3S/c1-25-8-10-28(11-9-25)35(23-33(39)26(2)18-21-38-19-6-7-20-38)24-36-32-17-14-29(22-31(32)35)37-42(40,41)30-15-12-27(13-16-30)34(3,4)5/h8,10-17,22,25,36-37H,2,6-7,9,18-21,23-24H2,1,3-5H3. The number of hydrogen-bond acceptors (Lipinski definition) is 5. The molecule has 2 aromatic carbocycles. The quantitative estimate of drug-likeness (QED) is 0.294. The van der Waals surface area contributed by atoms with Gasteiger partial charge in [0.25, 0.3) is 10.0 Å². The Morgan fingerprint density at radius 2 is 1.83 bits per heavy atom. The number of carbonyl (C=O) groups excluding carboxylic acids is 1. The van der Waals surface area contributed by atoms with Crippen molar-refractivity contribution >= 4 is 27.2 Å². The predicted octanol–water partition coefficient (Wildman–Crippen LogP) is 6.97. The molecule has 42 heavy (non-hydrogen) atoms. The van der Waals surface area contributed by atoms with Crippen LogP contribution >= 0.6 is 0 Å². The molecule has 2 unspecified atom stereocenters. The van der Waals surface area contributed by atoms with Crippen LogP contribution in [0.3, 0.4) is 0 Å². The smallest absolute Gasteiger partial charge is 0.261 e. The van der Waals surface area contributed by atoms with Crippen molar-refractivity contribution in [2.75, 3.05) is 36.2 Å². The Morgan fingerprint density at radius 1 is 1.12 bits per heavy atom. The van der Waals surface area contributed by atoms with Gasteiger partial charge in [-0.2, -0.15) is 0 Å². The van der Waals surface area contributed by atoms with Gasteiger partial charge in [0, 0.05) is 36.3 Å². The summed E-state index contributed by atoms with van der Waals surface area (Å²) in [5.74, 6) is 0.510. The first-order valence-electron chi connectivity index (χ1n) is 15.2. The number of nitrogens with zero attached hydrogens (tertiary/aromatic N) is 1. The van der Waals surface area contributed by atoms with Gasteiger partial charge in [-0.25, -0.2) is 8.42 Å². The van der Waals surface area contributed by atoms with Crippen molar-refractivity contribution in [2.24, 2.45) is 5.92 Å². The molecule has 1 saturated heterocycles. The first kappa shape index (κ1) is 30.3. The van der Waals surface area contributed by atoms with Gasteiger partial charge in [-0.05, 0) is 103 Å². The molecule has 0 bridgehead atoms. The van der Waals surface area contributed by atoms with Crippen molar-refractivity contribution < 1.29 is 13.2 Å². The van der Waals surface area contributed by atoms with E-state index in [1.165, 1.54) is 12.8 Å². The number of benzene rings is 2. The molecule has 6 nitrogen and oxygen atoms in total. The molecule has 2 atom stereocenters. The molecule has 2 heterocycles. The van der Waals surface area contributed by atoms with Crippen LogP contribution in [0.15, 0.2) is 83.3 Å². The molecule has 0 saturated carbocycles. The minimum Gasteiger partial charge on any atom is -0.384 e. The Bertz CT molecular complexity index is 1510. The minimum absolute atomic E-state index is 0.0665. The Balaban J connectivity index is 1.42. The molecule has 1 fully saturated rings. The van der Waals surface area contributed by atoms with E-state index in [2.05, 4.69) is 67.4 Å². The van der Waals surface area contributed by atoms with Crippen LogP contribution in [0.2, 0.25) is 0 Å². The number of anilines is 2. The third-order valence-corrected chi connectivity index (χ3v) is 10.4. The Hall–Kier alpha value is -3.16. The molecule has 3 aliphatic rings. The number of likely N-dealkylation sites (tertiary alicyclic amines) is 1. The minimum atomic E-state index is -3.80. The fraction of sp³-hybridized carbons (Fsp3) is 0.457. The molecule has 224 valence electrons. The molecule has 1 aliphatic carbocycles. The maximum atomic E-state index is 13.7. The van der Waals surface area contributed by atoms with Crippen LogP contribution in [0.4, 0.5) is 11.4 Å². The number of hydrogen-bond donors (Lipinski definition) is 2. The summed E-state index contributed by atoms with van der Waals surface area (Å²) in [5.41, 5.74) is 4.52. The zero-order valence-electron chi connectivity index (χ0n) is 25.5. The van der Waals surface area contributed by atoms with Gasteiger partial charge >= 0.3 is 0 Å². The van der Waals surface area contributed by atoms with E-state index in [0.717, 1.165) is 48.4 Å². The van der Waals surface area contributed by atoms with Crippen molar-refractivity contribution in [3.05, 3.63) is 89.5 Å². The number of sulfonamides is 1. The highest BCUT2D eigenvalue weighted by Gasteiger charge is 2.44. The molecule has 2 N–H and O–H groups in total. The highest BCUT2D eigenvalue weighted by atomic mass is 32.2. The van der Waals surface area contributed by atoms with Crippen LogP contribution in [0, 0.1) is 5.92 Å². The van der Waals surface area contributed by atoms with E-state index in [1.54, 1.807) is 18.2 Å². The average molecular weight is 588 g/mol. The molecule has 0 radical (unpaired) electrons. The molecule has 0 aromatic heterocycles. The lowest BCUT2D eigenvalue weighted by atomic mass is 9.69. The number of Topliss-reactive ketones (excluding diaryl/α,β-unsaturated/α-hetero) is 1. The van der Waals surface area contributed by atoms with Gasteiger partial charge < -0.3 is 10.2 Å². The van der Waals surface area contributed by atoms with Crippen molar-refractivity contribution in [1.29, 1.82) is 0 Å². The second-order valence-electron chi connectivity index (χ2n) is 13.3. The van der Waals surface area contributed by atoms with Gasteiger partial charge in [0.05, 0.1) is 4.90 Å². The van der Waals surface area contributed by atoms with Gasteiger partial charge in [-0.15, -0.1) is 0 Å². The molecule has 2 aromatic rings. The summed E-state index contributed by atoms with van der Waals surface area (Å²) in [4.78, 5) is 16.3. The number of rotatable bonds is 10. The van der Waals surface area contributed by atoms with Crippen LogP contribution in [0.1, 0.15) is 70.9 Å². The summed E-state index contributed by atoms with van der Waals surface area (Å²) < 4.78 is 29.6. The first-order valence-corrected chi connectivity index (χ1v) is 16.7. The number of allylic oxidation sites excluding steroid dienone is 3. The lowest BCUT2D eigenvalue weighted by molar-refractivity contribution is -0.116. The van der Waals surface area contributed by atoms with Crippen LogP contribution in [-0.4, -0.2) is 45.3 Å².